The number of allylic oxidation sites excluding steroid dienone is 4. The molecule has 2 heterocycles. The third-order valence-electron chi connectivity index (χ3n) is 7.02. The third-order valence-corrected chi connectivity index (χ3v) is 9.13. The second kappa shape index (κ2) is 9.87. The minimum atomic E-state index is -0.503. The monoisotopic (exact) mass is 561 g/mol. The molecule has 1 aliphatic heterocycles. The third kappa shape index (κ3) is 4.48. The summed E-state index contributed by atoms with van der Waals surface area (Å²) in [6.07, 6.45) is 6.22. The van der Waals surface area contributed by atoms with Crippen molar-refractivity contribution in [2.24, 2.45) is 5.92 Å². The first-order valence-electron chi connectivity index (χ1n) is 11.3. The van der Waals surface area contributed by atoms with Crippen molar-refractivity contribution in [2.45, 2.75) is 42.1 Å². The summed E-state index contributed by atoms with van der Waals surface area (Å²) in [5.41, 5.74) is 2.24. The SMILES string of the molecule is CC1(c2ccc(Cl)c(Cl)c2)CC2CC=C(F)C(C#N)=CC2n2c1cnc2SCc1ccc(F)cc1Cl. The van der Waals surface area contributed by atoms with Gasteiger partial charge in [0.15, 0.2) is 5.16 Å². The van der Waals surface area contributed by atoms with Gasteiger partial charge in [-0.05, 0) is 73.2 Å². The number of hydrogen-bond donors (Lipinski definition) is 0. The van der Waals surface area contributed by atoms with E-state index in [1.165, 1.54) is 30.0 Å². The standard InChI is InChI=1S/C27H20Cl3F2N3S/c1-27(18-4-6-20(28)22(30)9-18)11-15-3-7-23(32)17(12-33)8-24(15)35-25(27)13-34-26(35)36-14-16-2-5-19(31)10-21(16)29/h2,4-10,13,15,24H,3,11,14H2,1H3. The van der Waals surface area contributed by atoms with Gasteiger partial charge in [-0.15, -0.1) is 0 Å². The fraction of sp³-hybridized carbons (Fsp3) is 0.259. The van der Waals surface area contributed by atoms with Crippen LogP contribution in [0.25, 0.3) is 0 Å². The van der Waals surface area contributed by atoms with E-state index in [2.05, 4.69) is 11.5 Å². The molecule has 3 unspecified atom stereocenters. The number of halogens is 5. The molecule has 36 heavy (non-hydrogen) atoms. The summed E-state index contributed by atoms with van der Waals surface area (Å²) in [5.74, 6) is -0.416. The van der Waals surface area contributed by atoms with Gasteiger partial charge in [0.1, 0.15) is 17.7 Å². The molecule has 0 N–H and O–H groups in total. The molecule has 0 radical (unpaired) electrons. The van der Waals surface area contributed by atoms with E-state index in [1.54, 1.807) is 18.2 Å². The maximum atomic E-state index is 14.7. The number of rotatable bonds is 4. The van der Waals surface area contributed by atoms with Crippen molar-refractivity contribution in [3.8, 4) is 6.07 Å². The Kier molecular flexibility index (Phi) is 6.95. The molecule has 0 bridgehead atoms. The molecule has 184 valence electrons. The number of aromatic nitrogens is 2. The molecule has 3 atom stereocenters. The molecule has 3 nitrogen and oxygen atoms in total. The van der Waals surface area contributed by atoms with Crippen LogP contribution < -0.4 is 0 Å². The Morgan fingerprint density at radius 1 is 1.14 bits per heavy atom. The normalized spacial score (nSPS) is 23.1. The van der Waals surface area contributed by atoms with Crippen LogP contribution in [-0.2, 0) is 11.2 Å². The largest absolute Gasteiger partial charge is 0.315 e. The second-order valence-corrected chi connectivity index (χ2v) is 11.4. The predicted molar refractivity (Wildman–Crippen MR) is 141 cm³/mol. The smallest absolute Gasteiger partial charge is 0.169 e. The summed E-state index contributed by atoms with van der Waals surface area (Å²) >= 11 is 20.3. The fourth-order valence-electron chi connectivity index (χ4n) is 5.13. The fourth-order valence-corrected chi connectivity index (χ4v) is 6.77. The Bertz CT molecular complexity index is 1460. The van der Waals surface area contributed by atoms with Crippen LogP contribution in [-0.4, -0.2) is 9.55 Å². The number of thioether (sulfide) groups is 1. The van der Waals surface area contributed by atoms with Gasteiger partial charge in [0.25, 0.3) is 0 Å². The van der Waals surface area contributed by atoms with Crippen LogP contribution in [0.15, 0.2) is 71.3 Å². The number of imidazole rings is 1. The van der Waals surface area contributed by atoms with Crippen LogP contribution in [0.1, 0.15) is 42.6 Å². The Hall–Kier alpha value is -2.30. The Morgan fingerprint density at radius 3 is 2.67 bits per heavy atom. The lowest BCUT2D eigenvalue weighted by Gasteiger charge is -2.43. The van der Waals surface area contributed by atoms with E-state index < -0.39 is 17.1 Å². The van der Waals surface area contributed by atoms with E-state index in [-0.39, 0.29) is 17.5 Å². The molecule has 9 heteroatoms. The first kappa shape index (κ1) is 25.4. The average molecular weight is 563 g/mol. The highest BCUT2D eigenvalue weighted by Gasteiger charge is 2.44. The molecule has 2 aromatic carbocycles. The Balaban J connectivity index is 1.62. The first-order valence-corrected chi connectivity index (χ1v) is 13.4. The van der Waals surface area contributed by atoms with Crippen LogP contribution >= 0.6 is 46.6 Å². The van der Waals surface area contributed by atoms with Crippen LogP contribution in [0.5, 0.6) is 0 Å². The number of nitrogens with zero attached hydrogens (tertiary/aromatic N) is 3. The van der Waals surface area contributed by atoms with Crippen LogP contribution in [0.4, 0.5) is 8.78 Å². The van der Waals surface area contributed by atoms with Gasteiger partial charge in [-0.1, -0.05) is 58.7 Å². The molecule has 1 aromatic heterocycles. The van der Waals surface area contributed by atoms with Crippen molar-refractivity contribution in [2.75, 3.05) is 0 Å². The maximum absolute atomic E-state index is 14.7. The molecule has 2 aliphatic rings. The summed E-state index contributed by atoms with van der Waals surface area (Å²) in [5, 5.41) is 11.6. The molecule has 0 saturated heterocycles. The zero-order chi connectivity index (χ0) is 25.6. The maximum Gasteiger partial charge on any atom is 0.169 e. The summed E-state index contributed by atoms with van der Waals surface area (Å²) < 4.78 is 30.3. The summed E-state index contributed by atoms with van der Waals surface area (Å²) in [6, 6.07) is 11.7. The lowest BCUT2D eigenvalue weighted by molar-refractivity contribution is 0.240. The predicted octanol–water partition coefficient (Wildman–Crippen LogP) is 8.85. The lowest BCUT2D eigenvalue weighted by atomic mass is 9.68. The van der Waals surface area contributed by atoms with Gasteiger partial charge in [0, 0.05) is 21.9 Å². The van der Waals surface area contributed by atoms with Crippen molar-refractivity contribution in [1.29, 1.82) is 5.26 Å². The van der Waals surface area contributed by atoms with E-state index in [1.807, 2.05) is 24.4 Å². The molecule has 0 spiro atoms. The van der Waals surface area contributed by atoms with Gasteiger partial charge in [-0.3, -0.25) is 0 Å². The topological polar surface area (TPSA) is 41.6 Å². The van der Waals surface area contributed by atoms with E-state index >= 15 is 0 Å². The number of fused-ring (bicyclic) bond motifs is 3. The Morgan fingerprint density at radius 2 is 1.94 bits per heavy atom. The van der Waals surface area contributed by atoms with E-state index in [0.29, 0.717) is 38.8 Å². The quantitative estimate of drug-likeness (QED) is 0.298. The van der Waals surface area contributed by atoms with Crippen molar-refractivity contribution in [3.63, 3.8) is 0 Å². The molecule has 1 aliphatic carbocycles. The van der Waals surface area contributed by atoms with E-state index in [9.17, 15) is 14.0 Å². The lowest BCUT2D eigenvalue weighted by Crippen LogP contribution is -2.39. The molecule has 5 rings (SSSR count). The van der Waals surface area contributed by atoms with E-state index in [4.69, 9.17) is 39.8 Å². The highest BCUT2D eigenvalue weighted by molar-refractivity contribution is 7.98. The van der Waals surface area contributed by atoms with Gasteiger partial charge in [0.05, 0.1) is 27.9 Å². The van der Waals surface area contributed by atoms with Crippen molar-refractivity contribution >= 4 is 46.6 Å². The highest BCUT2D eigenvalue weighted by Crippen LogP contribution is 2.51. The van der Waals surface area contributed by atoms with Crippen molar-refractivity contribution < 1.29 is 8.78 Å². The second-order valence-electron chi connectivity index (χ2n) is 9.22. The van der Waals surface area contributed by atoms with Crippen molar-refractivity contribution in [1.82, 2.24) is 9.55 Å². The highest BCUT2D eigenvalue weighted by atomic mass is 35.5. The molecule has 3 aromatic rings. The van der Waals surface area contributed by atoms with Gasteiger partial charge in [-0.2, -0.15) is 5.26 Å². The van der Waals surface area contributed by atoms with Gasteiger partial charge in [-0.25, -0.2) is 13.8 Å². The van der Waals surface area contributed by atoms with Gasteiger partial charge >= 0.3 is 0 Å². The minimum absolute atomic E-state index is 0.0107. The summed E-state index contributed by atoms with van der Waals surface area (Å²) in [6.45, 7) is 2.13. The molecular weight excluding hydrogens is 543 g/mol. The molecule has 0 saturated carbocycles. The van der Waals surface area contributed by atoms with Crippen LogP contribution in [0.2, 0.25) is 15.1 Å². The molecular formula is C27H20Cl3F2N3S. The average Bonchev–Trinajstić information content (AvgIpc) is 3.21. The number of nitriles is 1. The Labute approximate surface area is 227 Å². The minimum Gasteiger partial charge on any atom is -0.315 e. The molecule has 0 fully saturated rings. The van der Waals surface area contributed by atoms with Crippen molar-refractivity contribution in [3.05, 3.63) is 104 Å². The van der Waals surface area contributed by atoms with Crippen LogP contribution in [0, 0.1) is 23.1 Å². The van der Waals surface area contributed by atoms with Gasteiger partial charge in [0.2, 0.25) is 0 Å². The molecule has 0 amide bonds. The first-order chi connectivity index (χ1) is 17.2. The number of hydrogen-bond acceptors (Lipinski definition) is 3. The summed E-state index contributed by atoms with van der Waals surface area (Å²) in [7, 11) is 0. The van der Waals surface area contributed by atoms with Gasteiger partial charge < -0.3 is 4.57 Å². The van der Waals surface area contributed by atoms with E-state index in [0.717, 1.165) is 16.8 Å². The zero-order valence-electron chi connectivity index (χ0n) is 19.1. The van der Waals surface area contributed by atoms with Crippen LogP contribution in [0.3, 0.4) is 0 Å². The summed E-state index contributed by atoms with van der Waals surface area (Å²) in [4.78, 5) is 4.74. The zero-order valence-corrected chi connectivity index (χ0v) is 22.2. The number of benzene rings is 2.